The van der Waals surface area contributed by atoms with Crippen molar-refractivity contribution in [2.45, 2.75) is 38.3 Å². The number of carbonyl (C=O) groups is 2. The first-order valence-electron chi connectivity index (χ1n) is 4.88. The summed E-state index contributed by atoms with van der Waals surface area (Å²) in [6.45, 7) is 2.29. The van der Waals surface area contributed by atoms with Crippen molar-refractivity contribution >= 4 is 11.9 Å². The van der Waals surface area contributed by atoms with Crippen LogP contribution in [0.1, 0.15) is 26.2 Å². The fourth-order valence-electron chi connectivity index (χ4n) is 1.45. The van der Waals surface area contributed by atoms with Gasteiger partial charge in [0.15, 0.2) is 0 Å². The molecule has 0 bridgehead atoms. The molecule has 3 N–H and O–H groups in total. The Morgan fingerprint density at radius 1 is 1.50 bits per heavy atom. The van der Waals surface area contributed by atoms with E-state index < -0.39 is 12.0 Å². The summed E-state index contributed by atoms with van der Waals surface area (Å²) in [7, 11) is 0. The third-order valence-electron chi connectivity index (χ3n) is 2.36. The highest BCUT2D eigenvalue weighted by atomic mass is 16.4. The lowest BCUT2D eigenvalue weighted by Crippen LogP contribution is -2.50. The van der Waals surface area contributed by atoms with Gasteiger partial charge in [-0.25, -0.2) is 0 Å². The Bertz CT molecular complexity index is 224. The molecule has 1 amide bonds. The number of nitrogens with one attached hydrogen (secondary N) is 2. The van der Waals surface area contributed by atoms with Gasteiger partial charge in [-0.05, 0) is 26.3 Å². The van der Waals surface area contributed by atoms with Crippen molar-refractivity contribution in [1.29, 1.82) is 0 Å². The molecule has 0 saturated carbocycles. The quantitative estimate of drug-likeness (QED) is 0.585. The Hall–Kier alpha value is -1.10. The highest BCUT2D eigenvalue weighted by Gasteiger charge is 2.23. The molecule has 1 saturated heterocycles. The Labute approximate surface area is 82.9 Å². The molecule has 2 atom stereocenters. The van der Waals surface area contributed by atoms with Crippen molar-refractivity contribution in [3.8, 4) is 0 Å². The average Bonchev–Trinajstić information content (AvgIpc) is 2.19. The Morgan fingerprint density at radius 2 is 2.21 bits per heavy atom. The molecule has 0 aromatic carbocycles. The lowest BCUT2D eigenvalue weighted by molar-refractivity contribution is -0.141. The molecule has 0 aliphatic carbocycles. The van der Waals surface area contributed by atoms with E-state index in [-0.39, 0.29) is 11.9 Å². The summed E-state index contributed by atoms with van der Waals surface area (Å²) in [6, 6.07) is -1.03. The minimum atomic E-state index is -1.01. The molecule has 0 aromatic heterocycles. The van der Waals surface area contributed by atoms with Gasteiger partial charge in [0.25, 0.3) is 0 Å². The highest BCUT2D eigenvalue weighted by Crippen LogP contribution is 2.06. The maximum absolute atomic E-state index is 11.5. The third-order valence-corrected chi connectivity index (χ3v) is 2.36. The van der Waals surface area contributed by atoms with Crippen LogP contribution >= 0.6 is 0 Å². The lowest BCUT2D eigenvalue weighted by Gasteiger charge is -2.23. The predicted octanol–water partition coefficient (Wildman–Crippen LogP) is -0.282. The smallest absolute Gasteiger partial charge is 0.325 e. The van der Waals surface area contributed by atoms with Gasteiger partial charge in [0.1, 0.15) is 6.04 Å². The first kappa shape index (κ1) is 11.0. The summed E-state index contributed by atoms with van der Waals surface area (Å²) in [4.78, 5) is 22.0. The fourth-order valence-corrected chi connectivity index (χ4v) is 1.45. The van der Waals surface area contributed by atoms with Crippen LogP contribution in [0.3, 0.4) is 0 Å². The Balaban J connectivity index is 2.36. The van der Waals surface area contributed by atoms with Crippen LogP contribution in [0.5, 0.6) is 0 Å². The van der Waals surface area contributed by atoms with E-state index in [4.69, 9.17) is 5.11 Å². The fraction of sp³-hybridized carbons (Fsp3) is 0.778. The van der Waals surface area contributed by atoms with Crippen LogP contribution < -0.4 is 10.6 Å². The molecule has 5 heteroatoms. The molecule has 0 radical (unpaired) electrons. The van der Waals surface area contributed by atoms with E-state index >= 15 is 0 Å². The number of carbonyl (C=O) groups excluding carboxylic acids is 1. The van der Waals surface area contributed by atoms with Crippen molar-refractivity contribution in [1.82, 2.24) is 10.6 Å². The lowest BCUT2D eigenvalue weighted by atomic mass is 10.0. The number of carboxylic acids is 1. The largest absolute Gasteiger partial charge is 0.480 e. The second-order valence-corrected chi connectivity index (χ2v) is 3.57. The van der Waals surface area contributed by atoms with Crippen LogP contribution in [-0.4, -0.2) is 35.6 Å². The molecule has 0 spiro atoms. The summed E-state index contributed by atoms with van der Waals surface area (Å²) in [5.74, 6) is -1.21. The topological polar surface area (TPSA) is 78.4 Å². The third kappa shape index (κ3) is 2.99. The van der Waals surface area contributed by atoms with Crippen LogP contribution in [0.15, 0.2) is 0 Å². The van der Waals surface area contributed by atoms with E-state index in [1.54, 1.807) is 0 Å². The zero-order valence-electron chi connectivity index (χ0n) is 8.25. The maximum atomic E-state index is 11.5. The molecule has 1 heterocycles. The van der Waals surface area contributed by atoms with Gasteiger partial charge in [-0.1, -0.05) is 6.42 Å². The van der Waals surface area contributed by atoms with E-state index in [9.17, 15) is 9.59 Å². The van der Waals surface area contributed by atoms with E-state index in [0.717, 1.165) is 25.8 Å². The molecule has 14 heavy (non-hydrogen) atoms. The van der Waals surface area contributed by atoms with Crippen molar-refractivity contribution in [3.05, 3.63) is 0 Å². The molecular formula is C9H16N2O3. The first-order valence-corrected chi connectivity index (χ1v) is 4.88. The minimum absolute atomic E-state index is 0.209. The SMILES string of the molecule is C[C@@H](NC(=O)[C@@H]1CCCCN1)C(=O)O. The number of carboxylic acid groups (broad SMARTS) is 1. The van der Waals surface area contributed by atoms with E-state index in [1.807, 2.05) is 0 Å². The maximum Gasteiger partial charge on any atom is 0.325 e. The molecule has 1 fully saturated rings. The Kier molecular flexibility index (Phi) is 3.88. The number of hydrogen-bond acceptors (Lipinski definition) is 3. The van der Waals surface area contributed by atoms with Crippen LogP contribution in [0.4, 0.5) is 0 Å². The summed E-state index contributed by atoms with van der Waals surface area (Å²) < 4.78 is 0. The van der Waals surface area contributed by atoms with Gasteiger partial charge in [-0.3, -0.25) is 9.59 Å². The monoisotopic (exact) mass is 200 g/mol. The molecule has 0 aromatic rings. The van der Waals surface area contributed by atoms with E-state index in [2.05, 4.69) is 10.6 Å². The Morgan fingerprint density at radius 3 is 2.71 bits per heavy atom. The standard InChI is InChI=1S/C9H16N2O3/c1-6(9(13)14)11-8(12)7-4-2-3-5-10-7/h6-7,10H,2-5H2,1H3,(H,11,12)(H,13,14)/t6-,7+/m1/s1. The molecule has 1 rings (SSSR count). The molecule has 1 aliphatic heterocycles. The molecular weight excluding hydrogens is 184 g/mol. The van der Waals surface area contributed by atoms with Crippen LogP contribution in [-0.2, 0) is 9.59 Å². The van der Waals surface area contributed by atoms with Gasteiger partial charge in [-0.2, -0.15) is 0 Å². The van der Waals surface area contributed by atoms with Gasteiger partial charge < -0.3 is 15.7 Å². The summed E-state index contributed by atoms with van der Waals surface area (Å²) in [6.07, 6.45) is 2.89. The van der Waals surface area contributed by atoms with Crippen LogP contribution in [0.25, 0.3) is 0 Å². The predicted molar refractivity (Wildman–Crippen MR) is 50.9 cm³/mol. The van der Waals surface area contributed by atoms with Crippen molar-refractivity contribution in [2.75, 3.05) is 6.54 Å². The summed E-state index contributed by atoms with van der Waals surface area (Å²) in [5.41, 5.74) is 0. The number of amides is 1. The van der Waals surface area contributed by atoms with Crippen molar-refractivity contribution in [2.24, 2.45) is 0 Å². The van der Waals surface area contributed by atoms with Gasteiger partial charge in [0, 0.05) is 0 Å². The molecule has 1 aliphatic rings. The number of piperidine rings is 1. The molecule has 0 unspecified atom stereocenters. The van der Waals surface area contributed by atoms with Gasteiger partial charge >= 0.3 is 5.97 Å². The van der Waals surface area contributed by atoms with E-state index in [1.165, 1.54) is 6.92 Å². The number of aliphatic carboxylic acids is 1. The van der Waals surface area contributed by atoms with Gasteiger partial charge in [-0.15, -0.1) is 0 Å². The summed E-state index contributed by atoms with van der Waals surface area (Å²) in [5, 5.41) is 14.1. The summed E-state index contributed by atoms with van der Waals surface area (Å²) >= 11 is 0. The highest BCUT2D eigenvalue weighted by molar-refractivity contribution is 5.86. The second kappa shape index (κ2) is 4.95. The normalized spacial score (nSPS) is 23.9. The van der Waals surface area contributed by atoms with E-state index in [0.29, 0.717) is 0 Å². The number of rotatable bonds is 3. The zero-order chi connectivity index (χ0) is 10.6. The van der Waals surface area contributed by atoms with Gasteiger partial charge in [0.05, 0.1) is 6.04 Å². The zero-order valence-corrected chi connectivity index (χ0v) is 8.25. The molecule has 80 valence electrons. The van der Waals surface area contributed by atoms with Crippen LogP contribution in [0, 0.1) is 0 Å². The van der Waals surface area contributed by atoms with Crippen LogP contribution in [0.2, 0.25) is 0 Å². The van der Waals surface area contributed by atoms with Crippen molar-refractivity contribution in [3.63, 3.8) is 0 Å². The van der Waals surface area contributed by atoms with Gasteiger partial charge in [0.2, 0.25) is 5.91 Å². The first-order chi connectivity index (χ1) is 6.61. The second-order valence-electron chi connectivity index (χ2n) is 3.57. The minimum Gasteiger partial charge on any atom is -0.480 e. The van der Waals surface area contributed by atoms with Crippen molar-refractivity contribution < 1.29 is 14.7 Å². The molecule has 5 nitrogen and oxygen atoms in total. The average molecular weight is 200 g/mol. The number of hydrogen-bond donors (Lipinski definition) is 3.